The number of aliphatic carboxylic acids is 1. The molecule has 0 saturated carbocycles. The zero-order chi connectivity index (χ0) is 12.1. The third-order valence-corrected chi connectivity index (χ3v) is 4.01. The molecule has 0 aromatic carbocycles. The predicted octanol–water partition coefficient (Wildman–Crippen LogP) is 1.92. The highest BCUT2D eigenvalue weighted by atomic mass is 32.2. The average molecular weight is 246 g/mol. The second-order valence-electron chi connectivity index (χ2n) is 4.08. The molecule has 0 amide bonds. The molecule has 1 heterocycles. The van der Waals surface area contributed by atoms with Crippen LogP contribution in [-0.4, -0.2) is 34.2 Å². The molecule has 1 aliphatic rings. The second-order valence-corrected chi connectivity index (χ2v) is 5.33. The smallest absolute Gasteiger partial charge is 0.320 e. The molecule has 0 bridgehead atoms. The molecule has 16 heavy (non-hydrogen) atoms. The molecular weight excluding hydrogens is 228 g/mol. The van der Waals surface area contributed by atoms with Crippen LogP contribution >= 0.6 is 11.8 Å². The van der Waals surface area contributed by atoms with Crippen molar-refractivity contribution in [1.82, 2.24) is 0 Å². The molecule has 1 aliphatic heterocycles. The van der Waals surface area contributed by atoms with E-state index in [0.717, 1.165) is 18.6 Å². The molecule has 1 N–H and O–H groups in total. The molecule has 1 fully saturated rings. The SMILES string of the molecule is CCCC(C)C(=O)OC1CCSC1C(=O)O. The minimum atomic E-state index is -0.886. The molecule has 4 nitrogen and oxygen atoms in total. The van der Waals surface area contributed by atoms with Crippen LogP contribution in [0.25, 0.3) is 0 Å². The van der Waals surface area contributed by atoms with Crippen LogP contribution in [0.4, 0.5) is 0 Å². The lowest BCUT2D eigenvalue weighted by molar-refractivity contribution is -0.155. The molecule has 1 saturated heterocycles. The fourth-order valence-corrected chi connectivity index (χ4v) is 2.91. The van der Waals surface area contributed by atoms with E-state index in [1.54, 1.807) is 0 Å². The summed E-state index contributed by atoms with van der Waals surface area (Å²) in [5.74, 6) is -0.536. The molecule has 0 radical (unpaired) electrons. The van der Waals surface area contributed by atoms with E-state index in [1.165, 1.54) is 11.8 Å². The van der Waals surface area contributed by atoms with E-state index >= 15 is 0 Å². The second kappa shape index (κ2) is 6.13. The van der Waals surface area contributed by atoms with Crippen molar-refractivity contribution in [1.29, 1.82) is 0 Å². The number of thioether (sulfide) groups is 1. The van der Waals surface area contributed by atoms with Crippen LogP contribution in [0.3, 0.4) is 0 Å². The molecule has 3 atom stereocenters. The van der Waals surface area contributed by atoms with Crippen molar-refractivity contribution in [3.8, 4) is 0 Å². The highest BCUT2D eigenvalue weighted by Crippen LogP contribution is 2.30. The first kappa shape index (κ1) is 13.4. The van der Waals surface area contributed by atoms with Gasteiger partial charge < -0.3 is 9.84 Å². The maximum absolute atomic E-state index is 11.6. The summed E-state index contributed by atoms with van der Waals surface area (Å²) >= 11 is 1.35. The summed E-state index contributed by atoms with van der Waals surface area (Å²) in [6, 6.07) is 0. The maximum Gasteiger partial charge on any atom is 0.320 e. The van der Waals surface area contributed by atoms with Gasteiger partial charge in [-0.15, -0.1) is 11.8 Å². The lowest BCUT2D eigenvalue weighted by Gasteiger charge is -2.18. The van der Waals surface area contributed by atoms with Crippen molar-refractivity contribution < 1.29 is 19.4 Å². The van der Waals surface area contributed by atoms with Gasteiger partial charge in [-0.25, -0.2) is 0 Å². The van der Waals surface area contributed by atoms with Crippen LogP contribution in [0.2, 0.25) is 0 Å². The van der Waals surface area contributed by atoms with Crippen molar-refractivity contribution in [2.75, 3.05) is 5.75 Å². The predicted molar refractivity (Wildman–Crippen MR) is 62.5 cm³/mol. The van der Waals surface area contributed by atoms with Gasteiger partial charge in [0, 0.05) is 0 Å². The average Bonchev–Trinajstić information content (AvgIpc) is 2.66. The van der Waals surface area contributed by atoms with Crippen LogP contribution in [0.5, 0.6) is 0 Å². The van der Waals surface area contributed by atoms with E-state index in [9.17, 15) is 9.59 Å². The zero-order valence-electron chi connectivity index (χ0n) is 9.64. The van der Waals surface area contributed by atoms with Crippen molar-refractivity contribution >= 4 is 23.7 Å². The number of hydrogen-bond acceptors (Lipinski definition) is 4. The number of carboxylic acids is 1. The Morgan fingerprint density at radius 1 is 1.56 bits per heavy atom. The lowest BCUT2D eigenvalue weighted by Crippen LogP contribution is -2.32. The van der Waals surface area contributed by atoms with Crippen molar-refractivity contribution in [2.45, 2.75) is 44.5 Å². The van der Waals surface area contributed by atoms with E-state index < -0.39 is 17.3 Å². The number of hydrogen-bond donors (Lipinski definition) is 1. The van der Waals surface area contributed by atoms with Crippen LogP contribution in [0.15, 0.2) is 0 Å². The Morgan fingerprint density at radius 3 is 2.81 bits per heavy atom. The van der Waals surface area contributed by atoms with Crippen molar-refractivity contribution in [2.24, 2.45) is 5.92 Å². The monoisotopic (exact) mass is 246 g/mol. The molecule has 0 aromatic heterocycles. The minimum absolute atomic E-state index is 0.134. The summed E-state index contributed by atoms with van der Waals surface area (Å²) in [7, 11) is 0. The van der Waals surface area contributed by atoms with Gasteiger partial charge in [0.2, 0.25) is 0 Å². The van der Waals surface area contributed by atoms with E-state index in [1.807, 2.05) is 13.8 Å². The van der Waals surface area contributed by atoms with Gasteiger partial charge in [0.15, 0.2) is 0 Å². The van der Waals surface area contributed by atoms with Crippen LogP contribution in [-0.2, 0) is 14.3 Å². The Balaban J connectivity index is 2.47. The van der Waals surface area contributed by atoms with E-state index in [2.05, 4.69) is 0 Å². The van der Waals surface area contributed by atoms with Gasteiger partial charge in [-0.1, -0.05) is 20.3 Å². The Bertz CT molecular complexity index is 267. The molecule has 0 aromatic rings. The zero-order valence-corrected chi connectivity index (χ0v) is 10.5. The summed E-state index contributed by atoms with van der Waals surface area (Å²) in [6.45, 7) is 3.83. The first-order valence-electron chi connectivity index (χ1n) is 5.61. The van der Waals surface area contributed by atoms with E-state index in [-0.39, 0.29) is 11.9 Å². The quantitative estimate of drug-likeness (QED) is 0.751. The minimum Gasteiger partial charge on any atom is -0.480 e. The summed E-state index contributed by atoms with van der Waals surface area (Å²) in [5.41, 5.74) is 0. The van der Waals surface area contributed by atoms with E-state index in [4.69, 9.17) is 9.84 Å². The summed E-state index contributed by atoms with van der Waals surface area (Å²) in [4.78, 5) is 22.5. The molecule has 5 heteroatoms. The van der Waals surface area contributed by atoms with Crippen molar-refractivity contribution in [3.63, 3.8) is 0 Å². The Kier molecular flexibility index (Phi) is 5.12. The number of carboxylic acid groups (broad SMARTS) is 1. The number of ether oxygens (including phenoxy) is 1. The molecule has 1 rings (SSSR count). The topological polar surface area (TPSA) is 63.6 Å². The maximum atomic E-state index is 11.6. The largest absolute Gasteiger partial charge is 0.480 e. The molecule has 3 unspecified atom stereocenters. The summed E-state index contributed by atoms with van der Waals surface area (Å²) in [5, 5.41) is 8.34. The van der Waals surface area contributed by atoms with Crippen LogP contribution < -0.4 is 0 Å². The number of rotatable bonds is 5. The number of carbonyl (C=O) groups excluding carboxylic acids is 1. The molecule has 0 aliphatic carbocycles. The summed E-state index contributed by atoms with van der Waals surface area (Å²) in [6.07, 6.45) is 1.91. The van der Waals surface area contributed by atoms with Gasteiger partial charge in [0.1, 0.15) is 11.4 Å². The molecular formula is C11H18O4S. The summed E-state index contributed by atoms with van der Waals surface area (Å²) < 4.78 is 5.26. The van der Waals surface area contributed by atoms with Crippen LogP contribution in [0, 0.1) is 5.92 Å². The van der Waals surface area contributed by atoms with Gasteiger partial charge in [0.25, 0.3) is 0 Å². The standard InChI is InChI=1S/C11H18O4S/c1-3-4-7(2)11(14)15-8-5-6-16-9(8)10(12)13/h7-9H,3-6H2,1-2H3,(H,12,13). The van der Waals surface area contributed by atoms with Gasteiger partial charge in [-0.05, 0) is 18.6 Å². The Morgan fingerprint density at radius 2 is 2.25 bits per heavy atom. The van der Waals surface area contributed by atoms with Gasteiger partial charge >= 0.3 is 11.9 Å². The fourth-order valence-electron chi connectivity index (χ4n) is 1.74. The lowest BCUT2D eigenvalue weighted by atomic mass is 10.1. The van der Waals surface area contributed by atoms with Crippen LogP contribution in [0.1, 0.15) is 33.1 Å². The first-order chi connectivity index (χ1) is 7.56. The van der Waals surface area contributed by atoms with Gasteiger partial charge in [-0.3, -0.25) is 9.59 Å². The highest BCUT2D eigenvalue weighted by Gasteiger charge is 2.37. The first-order valence-corrected chi connectivity index (χ1v) is 6.66. The van der Waals surface area contributed by atoms with Gasteiger partial charge in [-0.2, -0.15) is 0 Å². The van der Waals surface area contributed by atoms with Gasteiger partial charge in [0.05, 0.1) is 5.92 Å². The third kappa shape index (κ3) is 3.40. The normalized spacial score (nSPS) is 26.4. The van der Waals surface area contributed by atoms with Crippen molar-refractivity contribution in [3.05, 3.63) is 0 Å². The highest BCUT2D eigenvalue weighted by molar-refractivity contribution is 8.00. The third-order valence-electron chi connectivity index (χ3n) is 2.67. The molecule has 92 valence electrons. The molecule has 0 spiro atoms. The Labute approximate surface area is 99.7 Å². The number of carbonyl (C=O) groups is 2. The Hall–Kier alpha value is -0.710. The fraction of sp³-hybridized carbons (Fsp3) is 0.818. The number of esters is 1. The van der Waals surface area contributed by atoms with E-state index in [0.29, 0.717) is 6.42 Å².